The van der Waals surface area contributed by atoms with Crippen molar-refractivity contribution in [3.05, 3.63) is 121 Å². The molecule has 3 heteroatoms. The van der Waals surface area contributed by atoms with Crippen LogP contribution in [0.2, 0.25) is 0 Å². The van der Waals surface area contributed by atoms with Crippen molar-refractivity contribution in [2.75, 3.05) is 11.9 Å². The Morgan fingerprint density at radius 1 is 0.750 bits per heavy atom. The summed E-state index contributed by atoms with van der Waals surface area (Å²) in [6, 6.07) is 38.0. The lowest BCUT2D eigenvalue weighted by Crippen LogP contribution is -2.25. The monoisotopic (exact) mass is 472 g/mol. The fourth-order valence-electron chi connectivity index (χ4n) is 4.39. The Kier molecular flexibility index (Phi) is 6.73. The smallest absolute Gasteiger partial charge is 0.211 e. The predicted molar refractivity (Wildman–Crippen MR) is 152 cm³/mol. The summed E-state index contributed by atoms with van der Waals surface area (Å²) in [4.78, 5) is 4.91. The van der Waals surface area contributed by atoms with Gasteiger partial charge in [-0.15, -0.1) is 0 Å². The Morgan fingerprint density at radius 2 is 1.28 bits per heavy atom. The molecule has 1 aliphatic rings. The third kappa shape index (κ3) is 5.26. The minimum Gasteiger partial charge on any atom is -0.476 e. The molecule has 1 heterocycles. The number of para-hydroxylation sites is 1. The van der Waals surface area contributed by atoms with Gasteiger partial charge in [0.25, 0.3) is 0 Å². The summed E-state index contributed by atoms with van der Waals surface area (Å²) in [6.07, 6.45) is 2.04. The molecule has 0 spiro atoms. The van der Waals surface area contributed by atoms with Crippen molar-refractivity contribution in [2.24, 2.45) is 10.4 Å². The highest BCUT2D eigenvalue weighted by atomic mass is 16.5. The number of anilines is 1. The summed E-state index contributed by atoms with van der Waals surface area (Å²) in [6.45, 7) is 7.22. The van der Waals surface area contributed by atoms with Gasteiger partial charge in [-0.3, -0.25) is 0 Å². The highest BCUT2D eigenvalue weighted by molar-refractivity contribution is 6.02. The third-order valence-corrected chi connectivity index (χ3v) is 6.52. The summed E-state index contributed by atoms with van der Waals surface area (Å²) in [5.41, 5.74) is 7.72. The normalized spacial score (nSPS) is 15.8. The highest BCUT2D eigenvalue weighted by Crippen LogP contribution is 2.39. The molecule has 3 nitrogen and oxygen atoms in total. The second-order valence-electron chi connectivity index (χ2n) is 10.2. The minimum absolute atomic E-state index is 0.0519. The van der Waals surface area contributed by atoms with Crippen LogP contribution in [0.25, 0.3) is 28.0 Å². The third-order valence-electron chi connectivity index (χ3n) is 6.52. The summed E-state index contributed by atoms with van der Waals surface area (Å²) in [7, 11) is 0. The maximum absolute atomic E-state index is 6.05. The van der Waals surface area contributed by atoms with E-state index >= 15 is 0 Å². The molecule has 36 heavy (non-hydrogen) atoms. The number of hydrogen-bond donors (Lipinski definition) is 1. The molecule has 4 aromatic rings. The Labute approximate surface area is 214 Å². The predicted octanol–water partition coefficient (Wildman–Crippen LogP) is 8.32. The molecular formula is C33H32N2O. The minimum atomic E-state index is 0.0519. The average molecular weight is 473 g/mol. The molecule has 5 rings (SSSR count). The van der Waals surface area contributed by atoms with Gasteiger partial charge in [0.05, 0.1) is 17.4 Å². The van der Waals surface area contributed by atoms with Crippen LogP contribution in [0, 0.1) is 5.41 Å². The van der Waals surface area contributed by atoms with Crippen LogP contribution >= 0.6 is 0 Å². The van der Waals surface area contributed by atoms with Gasteiger partial charge in [-0.1, -0.05) is 130 Å². The van der Waals surface area contributed by atoms with E-state index in [-0.39, 0.29) is 11.5 Å². The van der Waals surface area contributed by atoms with Crippen LogP contribution in [-0.2, 0) is 4.74 Å². The van der Waals surface area contributed by atoms with Crippen molar-refractivity contribution in [3.8, 4) is 22.3 Å². The van der Waals surface area contributed by atoms with Crippen molar-refractivity contribution in [1.82, 2.24) is 0 Å². The molecule has 0 saturated carbocycles. The number of hydrogen-bond acceptors (Lipinski definition) is 3. The first-order chi connectivity index (χ1) is 17.5. The van der Waals surface area contributed by atoms with E-state index in [1.807, 2.05) is 24.3 Å². The van der Waals surface area contributed by atoms with Gasteiger partial charge in [-0.2, -0.15) is 0 Å². The molecule has 0 aliphatic carbocycles. The summed E-state index contributed by atoms with van der Waals surface area (Å²) >= 11 is 0. The molecule has 0 radical (unpaired) electrons. The molecule has 1 unspecified atom stereocenters. The first kappa shape index (κ1) is 23.6. The van der Waals surface area contributed by atoms with E-state index in [4.69, 9.17) is 9.73 Å². The molecule has 0 aromatic heterocycles. The van der Waals surface area contributed by atoms with Crippen molar-refractivity contribution in [3.63, 3.8) is 0 Å². The second kappa shape index (κ2) is 10.2. The van der Waals surface area contributed by atoms with Crippen LogP contribution in [-0.4, -0.2) is 18.5 Å². The molecule has 0 fully saturated rings. The second-order valence-corrected chi connectivity index (χ2v) is 10.2. The maximum Gasteiger partial charge on any atom is 0.211 e. The van der Waals surface area contributed by atoms with Gasteiger partial charge in [-0.25, -0.2) is 4.99 Å². The standard InChI is InChI=1S/C33H32N2O/c1-33(2,3)30-23-36-31(35-30)22-29(26-18-11-6-12-19-26)34-32-27(24-14-7-4-8-15-24)20-13-21-28(32)25-16-9-5-10-17-25/h4-22,30,34H,23H2,1-3H3. The molecule has 1 atom stereocenters. The average Bonchev–Trinajstić information content (AvgIpc) is 3.39. The maximum atomic E-state index is 6.05. The Morgan fingerprint density at radius 3 is 1.78 bits per heavy atom. The largest absolute Gasteiger partial charge is 0.476 e. The summed E-state index contributed by atoms with van der Waals surface area (Å²) < 4.78 is 6.05. The molecule has 0 bridgehead atoms. The van der Waals surface area contributed by atoms with E-state index in [1.54, 1.807) is 0 Å². The van der Waals surface area contributed by atoms with Crippen molar-refractivity contribution >= 4 is 17.3 Å². The van der Waals surface area contributed by atoms with E-state index in [2.05, 4.69) is 117 Å². The quantitative estimate of drug-likeness (QED) is 0.306. The molecule has 180 valence electrons. The van der Waals surface area contributed by atoms with Crippen LogP contribution in [0.3, 0.4) is 0 Å². The Hall–Kier alpha value is -4.11. The fourth-order valence-corrected chi connectivity index (χ4v) is 4.39. The van der Waals surface area contributed by atoms with Gasteiger partial charge >= 0.3 is 0 Å². The summed E-state index contributed by atoms with van der Waals surface area (Å²) in [5.74, 6) is 0.666. The van der Waals surface area contributed by atoms with Crippen molar-refractivity contribution in [2.45, 2.75) is 26.8 Å². The first-order valence-electron chi connectivity index (χ1n) is 12.5. The SMILES string of the molecule is CC(C)(C)C1COC(C=C(Nc2c(-c3ccccc3)cccc2-c2ccccc2)c2ccccc2)=N1. The van der Waals surface area contributed by atoms with Crippen LogP contribution in [0.5, 0.6) is 0 Å². The molecular weight excluding hydrogens is 440 g/mol. The topological polar surface area (TPSA) is 33.6 Å². The Bertz CT molecular complexity index is 1310. The van der Waals surface area contributed by atoms with Crippen LogP contribution in [0.4, 0.5) is 5.69 Å². The number of rotatable bonds is 6. The van der Waals surface area contributed by atoms with E-state index in [0.29, 0.717) is 12.5 Å². The molecule has 4 aromatic carbocycles. The molecule has 0 saturated heterocycles. The fraction of sp³-hybridized carbons (Fsp3) is 0.182. The first-order valence-corrected chi connectivity index (χ1v) is 12.5. The van der Waals surface area contributed by atoms with Crippen LogP contribution < -0.4 is 5.32 Å². The lowest BCUT2D eigenvalue weighted by molar-refractivity contribution is 0.236. The lowest BCUT2D eigenvalue weighted by Gasteiger charge is -2.21. The van der Waals surface area contributed by atoms with E-state index in [9.17, 15) is 0 Å². The number of benzene rings is 4. The van der Waals surface area contributed by atoms with E-state index in [1.165, 1.54) is 0 Å². The highest BCUT2D eigenvalue weighted by Gasteiger charge is 2.29. The lowest BCUT2D eigenvalue weighted by atomic mass is 9.88. The number of ether oxygens (including phenoxy) is 1. The zero-order chi connectivity index (χ0) is 25.0. The molecule has 1 aliphatic heterocycles. The number of nitrogens with zero attached hydrogens (tertiary/aromatic N) is 1. The molecule has 0 amide bonds. The van der Waals surface area contributed by atoms with E-state index < -0.39 is 0 Å². The molecule has 1 N–H and O–H groups in total. The van der Waals surface area contributed by atoms with E-state index in [0.717, 1.165) is 39.2 Å². The van der Waals surface area contributed by atoms with Crippen molar-refractivity contribution < 1.29 is 4.74 Å². The van der Waals surface area contributed by atoms with Gasteiger partial charge < -0.3 is 10.1 Å². The van der Waals surface area contributed by atoms with Crippen LogP contribution in [0.15, 0.2) is 120 Å². The van der Waals surface area contributed by atoms with Gasteiger partial charge in [-0.05, 0) is 22.1 Å². The zero-order valence-electron chi connectivity index (χ0n) is 21.1. The van der Waals surface area contributed by atoms with Crippen LogP contribution in [0.1, 0.15) is 26.3 Å². The summed E-state index contributed by atoms with van der Waals surface area (Å²) in [5, 5.41) is 3.81. The zero-order valence-corrected chi connectivity index (χ0v) is 21.1. The van der Waals surface area contributed by atoms with Gasteiger partial charge in [0.1, 0.15) is 6.61 Å². The van der Waals surface area contributed by atoms with Gasteiger partial charge in [0.2, 0.25) is 5.90 Å². The van der Waals surface area contributed by atoms with Crippen molar-refractivity contribution in [1.29, 1.82) is 0 Å². The van der Waals surface area contributed by atoms with Gasteiger partial charge in [0, 0.05) is 17.2 Å². The number of aliphatic imine (C=N–C) groups is 1. The number of nitrogens with one attached hydrogen (secondary N) is 1. The van der Waals surface area contributed by atoms with Gasteiger partial charge in [0.15, 0.2) is 0 Å². The Balaban J connectivity index is 1.65.